The number of hydrogen-bond acceptors (Lipinski definition) is 5. The molecule has 1 saturated heterocycles. The van der Waals surface area contributed by atoms with Crippen LogP contribution in [0.5, 0.6) is 0 Å². The van der Waals surface area contributed by atoms with Gasteiger partial charge in [0.15, 0.2) is 10.8 Å². The lowest BCUT2D eigenvalue weighted by atomic mass is 10.2. The quantitative estimate of drug-likeness (QED) is 0.682. The maximum Gasteiger partial charge on any atom is 0.233 e. The molecule has 5 nitrogen and oxygen atoms in total. The molecule has 1 unspecified atom stereocenters. The predicted molar refractivity (Wildman–Crippen MR) is 91.7 cm³/mol. The van der Waals surface area contributed by atoms with Crippen LogP contribution in [0.1, 0.15) is 23.8 Å². The van der Waals surface area contributed by atoms with E-state index in [4.69, 9.17) is 0 Å². The summed E-state index contributed by atoms with van der Waals surface area (Å²) >= 11 is 3.18. The molecule has 0 spiro atoms. The van der Waals surface area contributed by atoms with E-state index in [9.17, 15) is 4.79 Å². The van der Waals surface area contributed by atoms with Crippen molar-refractivity contribution in [1.82, 2.24) is 19.5 Å². The van der Waals surface area contributed by atoms with Crippen LogP contribution in [-0.4, -0.2) is 37.7 Å². The third-order valence-electron chi connectivity index (χ3n) is 4.05. The van der Waals surface area contributed by atoms with Gasteiger partial charge in [0.05, 0.1) is 11.8 Å². The van der Waals surface area contributed by atoms with Crippen molar-refractivity contribution in [1.29, 1.82) is 0 Å². The molecule has 0 aromatic carbocycles. The lowest BCUT2D eigenvalue weighted by Crippen LogP contribution is -2.31. The van der Waals surface area contributed by atoms with Crippen LogP contribution in [0.15, 0.2) is 47.1 Å². The van der Waals surface area contributed by atoms with Crippen molar-refractivity contribution in [2.24, 2.45) is 0 Å². The molecule has 0 N–H and O–H groups in total. The van der Waals surface area contributed by atoms with Gasteiger partial charge in [-0.05, 0) is 36.4 Å². The van der Waals surface area contributed by atoms with Crippen LogP contribution in [0.2, 0.25) is 0 Å². The van der Waals surface area contributed by atoms with Crippen LogP contribution in [0.25, 0.3) is 5.65 Å². The van der Waals surface area contributed by atoms with Crippen molar-refractivity contribution in [3.05, 3.63) is 46.8 Å². The maximum atomic E-state index is 12.6. The topological polar surface area (TPSA) is 50.5 Å². The first kappa shape index (κ1) is 14.7. The first-order valence-electron chi connectivity index (χ1n) is 7.58. The van der Waals surface area contributed by atoms with Crippen molar-refractivity contribution in [2.45, 2.75) is 24.0 Å². The molecular formula is C16H16N4OS2. The van der Waals surface area contributed by atoms with Crippen molar-refractivity contribution < 1.29 is 4.79 Å². The highest BCUT2D eigenvalue weighted by Gasteiger charge is 2.30. The molecule has 0 radical (unpaired) electrons. The molecule has 1 amide bonds. The molecule has 4 rings (SSSR count). The van der Waals surface area contributed by atoms with Crippen molar-refractivity contribution >= 4 is 34.7 Å². The van der Waals surface area contributed by atoms with E-state index >= 15 is 0 Å². The lowest BCUT2D eigenvalue weighted by Gasteiger charge is -2.23. The Morgan fingerprint density at radius 3 is 3.13 bits per heavy atom. The van der Waals surface area contributed by atoms with E-state index in [0.717, 1.165) is 30.2 Å². The minimum Gasteiger partial charge on any atom is -0.334 e. The molecule has 0 saturated carbocycles. The highest BCUT2D eigenvalue weighted by molar-refractivity contribution is 7.99. The molecule has 118 valence electrons. The Morgan fingerprint density at radius 2 is 2.26 bits per heavy atom. The zero-order chi connectivity index (χ0) is 15.6. The summed E-state index contributed by atoms with van der Waals surface area (Å²) < 4.78 is 1.92. The van der Waals surface area contributed by atoms with E-state index in [2.05, 4.69) is 27.7 Å². The summed E-state index contributed by atoms with van der Waals surface area (Å²) in [6.45, 7) is 0.850. The largest absolute Gasteiger partial charge is 0.334 e. The lowest BCUT2D eigenvalue weighted by molar-refractivity contribution is -0.129. The molecule has 1 aliphatic heterocycles. The Bertz CT molecular complexity index is 814. The van der Waals surface area contributed by atoms with E-state index in [1.165, 1.54) is 16.6 Å². The van der Waals surface area contributed by atoms with Gasteiger partial charge in [-0.25, -0.2) is 0 Å². The molecule has 23 heavy (non-hydrogen) atoms. The number of pyridine rings is 1. The number of likely N-dealkylation sites (tertiary alicyclic amines) is 1. The molecule has 1 fully saturated rings. The summed E-state index contributed by atoms with van der Waals surface area (Å²) in [7, 11) is 0. The number of rotatable bonds is 4. The number of hydrogen-bond donors (Lipinski definition) is 0. The molecule has 0 bridgehead atoms. The molecular weight excluding hydrogens is 328 g/mol. The fraction of sp³-hybridized carbons (Fsp3) is 0.312. The molecule has 1 aliphatic rings. The third kappa shape index (κ3) is 2.86. The Hall–Kier alpha value is -1.86. The summed E-state index contributed by atoms with van der Waals surface area (Å²) in [4.78, 5) is 15.9. The number of thiophene rings is 1. The molecule has 7 heteroatoms. The minimum atomic E-state index is 0.179. The minimum absolute atomic E-state index is 0.179. The summed E-state index contributed by atoms with van der Waals surface area (Å²) in [5, 5.41) is 11.1. The van der Waals surface area contributed by atoms with Gasteiger partial charge >= 0.3 is 0 Å². The molecule has 3 aromatic rings. The SMILES string of the molecule is O=C(CSc1nnc2ccccn12)N1CCCC1c1cccs1. The standard InChI is InChI=1S/C16H16N4OS2/c21-15(19-9-3-5-12(19)13-6-4-10-22-13)11-23-16-18-17-14-7-1-2-8-20(14)16/h1-2,4,6-8,10,12H,3,5,9,11H2. The van der Waals surface area contributed by atoms with Crippen molar-refractivity contribution in [2.75, 3.05) is 12.3 Å². The van der Waals surface area contributed by atoms with Gasteiger partial charge in [0.25, 0.3) is 0 Å². The fourth-order valence-electron chi connectivity index (χ4n) is 2.97. The van der Waals surface area contributed by atoms with Gasteiger partial charge in [0.2, 0.25) is 5.91 Å². The number of fused-ring (bicyclic) bond motifs is 1. The molecule has 3 aromatic heterocycles. The highest BCUT2D eigenvalue weighted by atomic mass is 32.2. The van der Waals surface area contributed by atoms with E-state index in [1.807, 2.05) is 33.7 Å². The Morgan fingerprint density at radius 1 is 1.30 bits per heavy atom. The number of carbonyl (C=O) groups excluding carboxylic acids is 1. The van der Waals surface area contributed by atoms with Gasteiger partial charge < -0.3 is 4.90 Å². The predicted octanol–water partition coefficient (Wildman–Crippen LogP) is 3.25. The summed E-state index contributed by atoms with van der Waals surface area (Å²) in [6.07, 6.45) is 4.06. The molecule has 4 heterocycles. The number of nitrogens with zero attached hydrogens (tertiary/aromatic N) is 4. The van der Waals surface area contributed by atoms with Crippen LogP contribution in [0.4, 0.5) is 0 Å². The first-order valence-corrected chi connectivity index (χ1v) is 9.45. The molecule has 0 aliphatic carbocycles. The van der Waals surface area contributed by atoms with E-state index < -0.39 is 0 Å². The number of aromatic nitrogens is 3. The van der Waals surface area contributed by atoms with Crippen LogP contribution in [0.3, 0.4) is 0 Å². The Kier molecular flexibility index (Phi) is 4.05. The van der Waals surface area contributed by atoms with E-state index in [-0.39, 0.29) is 11.9 Å². The summed E-state index contributed by atoms with van der Waals surface area (Å²) in [5.41, 5.74) is 0.806. The summed E-state index contributed by atoms with van der Waals surface area (Å²) in [6, 6.07) is 10.2. The van der Waals surface area contributed by atoms with Gasteiger partial charge in [-0.2, -0.15) is 0 Å². The third-order valence-corrected chi connectivity index (χ3v) is 5.95. The summed E-state index contributed by atoms with van der Waals surface area (Å²) in [5.74, 6) is 0.580. The monoisotopic (exact) mass is 344 g/mol. The van der Waals surface area contributed by atoms with Gasteiger partial charge in [0, 0.05) is 17.6 Å². The fourth-order valence-corrected chi connectivity index (χ4v) is 4.65. The van der Waals surface area contributed by atoms with Gasteiger partial charge in [-0.1, -0.05) is 23.9 Å². The second-order valence-corrected chi connectivity index (χ2v) is 7.38. The smallest absolute Gasteiger partial charge is 0.233 e. The first-order chi connectivity index (χ1) is 11.3. The average Bonchev–Trinajstić information content (AvgIpc) is 3.31. The average molecular weight is 344 g/mol. The van der Waals surface area contributed by atoms with Crippen LogP contribution in [-0.2, 0) is 4.79 Å². The van der Waals surface area contributed by atoms with Gasteiger partial charge in [-0.3, -0.25) is 9.20 Å². The van der Waals surface area contributed by atoms with Crippen molar-refractivity contribution in [3.8, 4) is 0 Å². The van der Waals surface area contributed by atoms with E-state index in [0.29, 0.717) is 5.75 Å². The van der Waals surface area contributed by atoms with Crippen LogP contribution in [0, 0.1) is 0 Å². The Labute approximate surface area is 142 Å². The maximum absolute atomic E-state index is 12.6. The second-order valence-electron chi connectivity index (χ2n) is 5.46. The van der Waals surface area contributed by atoms with E-state index in [1.54, 1.807) is 11.3 Å². The highest BCUT2D eigenvalue weighted by Crippen LogP contribution is 2.35. The normalized spacial score (nSPS) is 17.9. The van der Waals surface area contributed by atoms with Gasteiger partial charge in [0.1, 0.15) is 0 Å². The van der Waals surface area contributed by atoms with Gasteiger partial charge in [-0.15, -0.1) is 21.5 Å². The Balaban J connectivity index is 1.45. The second kappa shape index (κ2) is 6.33. The number of thioether (sulfide) groups is 1. The molecule has 1 atom stereocenters. The van der Waals surface area contributed by atoms with Crippen LogP contribution < -0.4 is 0 Å². The van der Waals surface area contributed by atoms with Crippen molar-refractivity contribution in [3.63, 3.8) is 0 Å². The zero-order valence-corrected chi connectivity index (χ0v) is 14.1. The number of carbonyl (C=O) groups is 1. The number of amides is 1. The zero-order valence-electron chi connectivity index (χ0n) is 12.5. The van der Waals surface area contributed by atoms with Crippen LogP contribution >= 0.6 is 23.1 Å².